The first kappa shape index (κ1) is 15.5. The molecule has 1 amide bonds. The molecule has 0 saturated carbocycles. The van der Waals surface area contributed by atoms with Gasteiger partial charge in [0.05, 0.1) is 14.2 Å². The van der Waals surface area contributed by atoms with Gasteiger partial charge in [-0.25, -0.2) is 4.79 Å². The second-order valence-electron chi connectivity index (χ2n) is 3.89. The topological polar surface area (TPSA) is 90.7 Å². The molecule has 7 nitrogen and oxygen atoms in total. The molecule has 0 aliphatic heterocycles. The van der Waals surface area contributed by atoms with E-state index in [0.29, 0.717) is 0 Å². The van der Waals surface area contributed by atoms with Gasteiger partial charge in [0.15, 0.2) is 0 Å². The van der Waals surface area contributed by atoms with Crippen LogP contribution in [0.4, 0.5) is 4.79 Å². The van der Waals surface area contributed by atoms with Crippen LogP contribution in [-0.4, -0.2) is 37.8 Å². The number of ether oxygens (including phenoxy) is 2. The number of rotatable bonds is 6. The number of hydrogen-bond acceptors (Lipinski definition) is 5. The summed E-state index contributed by atoms with van der Waals surface area (Å²) in [4.78, 5) is 21.1. The Labute approximate surface area is 116 Å². The summed E-state index contributed by atoms with van der Waals surface area (Å²) >= 11 is 0. The van der Waals surface area contributed by atoms with Gasteiger partial charge in [-0.1, -0.05) is 24.3 Å². The number of methoxy groups -OCH3 is 2. The van der Waals surface area contributed by atoms with Crippen LogP contribution in [0, 0.1) is 10.1 Å². The summed E-state index contributed by atoms with van der Waals surface area (Å²) in [5.41, 5.74) is 0.839. The molecule has 20 heavy (non-hydrogen) atoms. The first-order chi connectivity index (χ1) is 9.55. The average Bonchev–Trinajstić information content (AvgIpc) is 2.44. The lowest BCUT2D eigenvalue weighted by Crippen LogP contribution is -2.38. The Balaban J connectivity index is 2.73. The third kappa shape index (κ3) is 5.38. The SMILES string of the molecule is COC(=O)N[C@H](/C=C/c1ccc(OC)cc1)C[N+](=O)[O-]. The number of alkyl carbamates (subject to hydrolysis) is 1. The third-order valence-electron chi connectivity index (χ3n) is 2.47. The van der Waals surface area contributed by atoms with Gasteiger partial charge < -0.3 is 14.8 Å². The molecule has 0 aromatic heterocycles. The first-order valence-corrected chi connectivity index (χ1v) is 5.83. The number of nitrogens with one attached hydrogen (secondary N) is 1. The molecule has 0 radical (unpaired) electrons. The van der Waals surface area contributed by atoms with E-state index in [2.05, 4.69) is 10.1 Å². The smallest absolute Gasteiger partial charge is 0.407 e. The molecule has 0 fully saturated rings. The molecule has 1 rings (SSSR count). The Morgan fingerprint density at radius 1 is 1.40 bits per heavy atom. The van der Waals surface area contributed by atoms with E-state index >= 15 is 0 Å². The van der Waals surface area contributed by atoms with Gasteiger partial charge in [0, 0.05) is 4.92 Å². The minimum absolute atomic E-state index is 0.415. The van der Waals surface area contributed by atoms with Crippen LogP contribution in [0.3, 0.4) is 0 Å². The van der Waals surface area contributed by atoms with Crippen molar-refractivity contribution in [3.8, 4) is 5.75 Å². The minimum atomic E-state index is -0.737. The van der Waals surface area contributed by atoms with Crippen molar-refractivity contribution in [3.63, 3.8) is 0 Å². The van der Waals surface area contributed by atoms with Crippen LogP contribution in [-0.2, 0) is 4.74 Å². The van der Waals surface area contributed by atoms with Crippen molar-refractivity contribution in [1.82, 2.24) is 5.32 Å². The van der Waals surface area contributed by atoms with E-state index in [1.54, 1.807) is 43.5 Å². The molecule has 1 N–H and O–H groups in total. The lowest BCUT2D eigenvalue weighted by atomic mass is 10.1. The summed E-state index contributed by atoms with van der Waals surface area (Å²) in [6.45, 7) is -0.415. The quantitative estimate of drug-likeness (QED) is 0.632. The predicted octanol–water partition coefficient (Wildman–Crippen LogP) is 1.71. The van der Waals surface area contributed by atoms with E-state index in [1.165, 1.54) is 7.11 Å². The summed E-state index contributed by atoms with van der Waals surface area (Å²) in [6.07, 6.45) is 2.52. The molecule has 1 atom stereocenters. The zero-order chi connectivity index (χ0) is 15.0. The lowest BCUT2D eigenvalue weighted by Gasteiger charge is -2.09. The van der Waals surface area contributed by atoms with Gasteiger partial charge in [0.25, 0.3) is 0 Å². The van der Waals surface area contributed by atoms with Gasteiger partial charge in [-0.2, -0.15) is 0 Å². The fourth-order valence-electron chi connectivity index (χ4n) is 1.47. The van der Waals surface area contributed by atoms with E-state index in [4.69, 9.17) is 4.74 Å². The highest BCUT2D eigenvalue weighted by Gasteiger charge is 2.14. The molecular formula is C13H16N2O5. The number of carbonyl (C=O) groups is 1. The highest BCUT2D eigenvalue weighted by Crippen LogP contribution is 2.12. The minimum Gasteiger partial charge on any atom is -0.497 e. The van der Waals surface area contributed by atoms with Crippen LogP contribution in [0.25, 0.3) is 6.08 Å². The average molecular weight is 280 g/mol. The van der Waals surface area contributed by atoms with Crippen LogP contribution in [0.2, 0.25) is 0 Å². The molecule has 0 unspecified atom stereocenters. The van der Waals surface area contributed by atoms with Crippen LogP contribution in [0.1, 0.15) is 5.56 Å². The van der Waals surface area contributed by atoms with E-state index in [0.717, 1.165) is 11.3 Å². The summed E-state index contributed by atoms with van der Waals surface area (Å²) in [5.74, 6) is 0.719. The van der Waals surface area contributed by atoms with Crippen molar-refractivity contribution in [2.75, 3.05) is 20.8 Å². The lowest BCUT2D eigenvalue weighted by molar-refractivity contribution is -0.481. The van der Waals surface area contributed by atoms with E-state index < -0.39 is 23.6 Å². The Morgan fingerprint density at radius 2 is 2.05 bits per heavy atom. The molecular weight excluding hydrogens is 264 g/mol. The van der Waals surface area contributed by atoms with Crippen molar-refractivity contribution in [3.05, 3.63) is 46.0 Å². The molecule has 0 aliphatic carbocycles. The third-order valence-corrected chi connectivity index (χ3v) is 2.47. The van der Waals surface area contributed by atoms with Crippen molar-refractivity contribution < 1.29 is 19.2 Å². The molecule has 7 heteroatoms. The number of carbonyl (C=O) groups excluding carboxylic acids is 1. The second-order valence-corrected chi connectivity index (χ2v) is 3.89. The van der Waals surface area contributed by atoms with Gasteiger partial charge >= 0.3 is 6.09 Å². The maximum Gasteiger partial charge on any atom is 0.407 e. The van der Waals surface area contributed by atoms with Crippen molar-refractivity contribution >= 4 is 12.2 Å². The maximum atomic E-state index is 11.1. The first-order valence-electron chi connectivity index (χ1n) is 5.83. The summed E-state index contributed by atoms with van der Waals surface area (Å²) < 4.78 is 9.45. The molecule has 0 bridgehead atoms. The van der Waals surface area contributed by atoms with Crippen LogP contribution in [0.5, 0.6) is 5.75 Å². The Bertz CT molecular complexity index is 484. The van der Waals surface area contributed by atoms with Gasteiger partial charge in [-0.3, -0.25) is 10.1 Å². The fraction of sp³-hybridized carbons (Fsp3) is 0.308. The fourth-order valence-corrected chi connectivity index (χ4v) is 1.47. The highest BCUT2D eigenvalue weighted by atomic mass is 16.6. The summed E-state index contributed by atoms with van der Waals surface area (Å²) in [7, 11) is 2.77. The number of nitrogens with zero attached hydrogens (tertiary/aromatic N) is 1. The predicted molar refractivity (Wildman–Crippen MR) is 73.2 cm³/mol. The Kier molecular flexibility index (Phi) is 6.02. The molecule has 1 aromatic carbocycles. The van der Waals surface area contributed by atoms with Gasteiger partial charge in [0.2, 0.25) is 6.54 Å². The number of nitro groups is 1. The van der Waals surface area contributed by atoms with E-state index in [9.17, 15) is 14.9 Å². The van der Waals surface area contributed by atoms with E-state index in [1.807, 2.05) is 0 Å². The number of amides is 1. The van der Waals surface area contributed by atoms with Crippen LogP contribution in [0.15, 0.2) is 30.3 Å². The Morgan fingerprint density at radius 3 is 2.55 bits per heavy atom. The van der Waals surface area contributed by atoms with E-state index in [-0.39, 0.29) is 0 Å². The van der Waals surface area contributed by atoms with Crippen LogP contribution >= 0.6 is 0 Å². The molecule has 0 saturated heterocycles. The van der Waals surface area contributed by atoms with Crippen molar-refractivity contribution in [2.45, 2.75) is 6.04 Å². The molecule has 0 heterocycles. The zero-order valence-corrected chi connectivity index (χ0v) is 11.2. The second kappa shape index (κ2) is 7.78. The molecule has 1 aromatic rings. The standard InChI is InChI=1S/C13H16N2O5/c1-19-12-7-4-10(5-8-12)3-6-11(9-15(17)18)14-13(16)20-2/h3-8,11H,9H2,1-2H3,(H,14,16)/b6-3+/t11-/m1/s1. The van der Waals surface area contributed by atoms with Crippen LogP contribution < -0.4 is 10.1 Å². The van der Waals surface area contributed by atoms with Gasteiger partial charge in [0.1, 0.15) is 11.8 Å². The van der Waals surface area contributed by atoms with Gasteiger partial charge in [-0.05, 0) is 17.7 Å². The monoisotopic (exact) mass is 280 g/mol. The number of benzene rings is 1. The zero-order valence-electron chi connectivity index (χ0n) is 11.2. The molecule has 108 valence electrons. The maximum absolute atomic E-state index is 11.1. The Hall–Kier alpha value is -2.57. The summed E-state index contributed by atoms with van der Waals surface area (Å²) in [6, 6.07) is 6.42. The number of hydrogen-bond donors (Lipinski definition) is 1. The highest BCUT2D eigenvalue weighted by molar-refractivity contribution is 5.68. The molecule has 0 spiro atoms. The largest absolute Gasteiger partial charge is 0.497 e. The summed E-state index contributed by atoms with van der Waals surface area (Å²) in [5, 5.41) is 12.9. The van der Waals surface area contributed by atoms with Crippen molar-refractivity contribution in [2.24, 2.45) is 0 Å². The van der Waals surface area contributed by atoms with Gasteiger partial charge in [-0.15, -0.1) is 0 Å². The normalized spacial score (nSPS) is 11.9. The van der Waals surface area contributed by atoms with Crippen molar-refractivity contribution in [1.29, 1.82) is 0 Å². The molecule has 0 aliphatic rings.